The molecule has 1 aliphatic rings. The quantitative estimate of drug-likeness (QED) is 0.653. The zero-order valence-corrected chi connectivity index (χ0v) is 12.3. The van der Waals surface area contributed by atoms with Crippen molar-refractivity contribution >= 4 is 5.78 Å². The third-order valence-corrected chi connectivity index (χ3v) is 3.93. The average molecular weight is 266 g/mol. The van der Waals surface area contributed by atoms with Crippen LogP contribution in [0.3, 0.4) is 0 Å². The number of Topliss-reactive ketones (excluding diaryl/α,β-unsaturated/α-hetero) is 1. The van der Waals surface area contributed by atoms with Crippen molar-refractivity contribution < 1.29 is 9.90 Å². The van der Waals surface area contributed by atoms with Gasteiger partial charge in [0, 0.05) is 6.42 Å². The van der Waals surface area contributed by atoms with Crippen LogP contribution >= 0.6 is 0 Å². The number of aliphatic hydroxyl groups is 1. The molecule has 0 aliphatic heterocycles. The van der Waals surface area contributed by atoms with Gasteiger partial charge >= 0.3 is 0 Å². The summed E-state index contributed by atoms with van der Waals surface area (Å²) in [6.07, 6.45) is 18.0. The maximum Gasteiger partial charge on any atom is 0.161 e. The third kappa shape index (κ3) is 8.99. The lowest BCUT2D eigenvalue weighted by atomic mass is 10.0. The van der Waals surface area contributed by atoms with Crippen molar-refractivity contribution in [3.05, 3.63) is 12.2 Å². The Balaban J connectivity index is 2.26. The lowest BCUT2D eigenvalue weighted by molar-refractivity contribution is -0.127. The standard InChI is InChI=1S/C17H30O2/c18-16-14-12-10-8-6-4-2-1-3-5-7-9-11-13-15-17(16)19/h1-2,16,18H,3-15H2/b2-1-. The van der Waals surface area contributed by atoms with E-state index in [0.717, 1.165) is 25.7 Å². The van der Waals surface area contributed by atoms with E-state index in [4.69, 9.17) is 0 Å². The highest BCUT2D eigenvalue weighted by Gasteiger charge is 2.13. The molecular weight excluding hydrogens is 236 g/mol. The molecule has 0 aromatic heterocycles. The van der Waals surface area contributed by atoms with Gasteiger partial charge in [0.05, 0.1) is 0 Å². The van der Waals surface area contributed by atoms with E-state index in [1.54, 1.807) is 0 Å². The number of rotatable bonds is 0. The molecule has 0 aromatic rings. The van der Waals surface area contributed by atoms with Gasteiger partial charge in [0.25, 0.3) is 0 Å². The predicted octanol–water partition coefficient (Wildman–Crippen LogP) is 4.56. The van der Waals surface area contributed by atoms with E-state index in [0.29, 0.717) is 12.8 Å². The summed E-state index contributed by atoms with van der Waals surface area (Å²) in [4.78, 5) is 11.7. The zero-order chi connectivity index (χ0) is 13.8. The average Bonchev–Trinajstić information content (AvgIpc) is 2.41. The molecular formula is C17H30O2. The summed E-state index contributed by atoms with van der Waals surface area (Å²) >= 11 is 0. The summed E-state index contributed by atoms with van der Waals surface area (Å²) in [5.74, 6) is 0.0611. The third-order valence-electron chi connectivity index (χ3n) is 3.93. The van der Waals surface area contributed by atoms with Gasteiger partial charge in [-0.1, -0.05) is 50.7 Å². The van der Waals surface area contributed by atoms with Crippen LogP contribution in [-0.4, -0.2) is 17.0 Å². The lowest BCUT2D eigenvalue weighted by Gasteiger charge is -2.09. The van der Waals surface area contributed by atoms with Crippen LogP contribution in [-0.2, 0) is 4.79 Å². The highest BCUT2D eigenvalue weighted by atomic mass is 16.3. The van der Waals surface area contributed by atoms with E-state index in [1.807, 2.05) is 0 Å². The van der Waals surface area contributed by atoms with E-state index < -0.39 is 6.10 Å². The normalized spacial score (nSPS) is 27.6. The van der Waals surface area contributed by atoms with E-state index in [2.05, 4.69) is 12.2 Å². The summed E-state index contributed by atoms with van der Waals surface area (Å²) in [6.45, 7) is 0. The fourth-order valence-electron chi connectivity index (χ4n) is 2.61. The second kappa shape index (κ2) is 11.2. The lowest BCUT2D eigenvalue weighted by Crippen LogP contribution is -2.19. The topological polar surface area (TPSA) is 37.3 Å². The van der Waals surface area contributed by atoms with Crippen LogP contribution in [0.15, 0.2) is 12.2 Å². The first-order chi connectivity index (χ1) is 9.30. The predicted molar refractivity (Wildman–Crippen MR) is 80.2 cm³/mol. The number of aliphatic hydroxyl groups excluding tert-OH is 1. The maximum absolute atomic E-state index is 11.7. The molecule has 0 saturated heterocycles. The summed E-state index contributed by atoms with van der Waals surface area (Å²) < 4.78 is 0. The Morgan fingerprint density at radius 2 is 1.32 bits per heavy atom. The monoisotopic (exact) mass is 266 g/mol. The first-order valence-electron chi connectivity index (χ1n) is 8.16. The zero-order valence-electron chi connectivity index (χ0n) is 12.3. The minimum Gasteiger partial charge on any atom is -0.385 e. The molecule has 2 heteroatoms. The Morgan fingerprint density at radius 1 is 0.789 bits per heavy atom. The van der Waals surface area contributed by atoms with Crippen molar-refractivity contribution in [2.45, 2.75) is 89.6 Å². The Morgan fingerprint density at radius 3 is 2.00 bits per heavy atom. The second-order valence-corrected chi connectivity index (χ2v) is 5.75. The van der Waals surface area contributed by atoms with Crippen molar-refractivity contribution in [3.8, 4) is 0 Å². The van der Waals surface area contributed by atoms with E-state index >= 15 is 0 Å². The summed E-state index contributed by atoms with van der Waals surface area (Å²) in [5.41, 5.74) is 0. The summed E-state index contributed by atoms with van der Waals surface area (Å²) in [6, 6.07) is 0. The van der Waals surface area contributed by atoms with Crippen molar-refractivity contribution in [1.29, 1.82) is 0 Å². The SMILES string of the molecule is O=C1CCCCCCC/C=C\CCCCCCC1O. The molecule has 1 aliphatic carbocycles. The van der Waals surface area contributed by atoms with Gasteiger partial charge in [-0.15, -0.1) is 0 Å². The van der Waals surface area contributed by atoms with Gasteiger partial charge in [-0.3, -0.25) is 4.79 Å². The Bertz CT molecular complexity index is 258. The molecule has 0 heterocycles. The maximum atomic E-state index is 11.7. The minimum atomic E-state index is -0.699. The summed E-state index contributed by atoms with van der Waals surface area (Å²) in [5, 5.41) is 9.77. The number of carbonyl (C=O) groups is 1. The molecule has 0 aromatic carbocycles. The van der Waals surface area contributed by atoms with E-state index in [1.165, 1.54) is 44.9 Å². The fourth-order valence-corrected chi connectivity index (χ4v) is 2.61. The van der Waals surface area contributed by atoms with Gasteiger partial charge in [0.1, 0.15) is 6.10 Å². The van der Waals surface area contributed by atoms with Crippen LogP contribution in [0.5, 0.6) is 0 Å². The number of hydrogen-bond acceptors (Lipinski definition) is 2. The molecule has 1 N–H and O–H groups in total. The van der Waals surface area contributed by atoms with Gasteiger partial charge in [0.15, 0.2) is 5.78 Å². The Kier molecular flexibility index (Phi) is 9.70. The molecule has 0 radical (unpaired) electrons. The van der Waals surface area contributed by atoms with Gasteiger partial charge in [-0.05, 0) is 38.5 Å². The molecule has 110 valence electrons. The highest BCUT2D eigenvalue weighted by molar-refractivity contribution is 5.82. The van der Waals surface area contributed by atoms with Crippen LogP contribution in [0.4, 0.5) is 0 Å². The minimum absolute atomic E-state index is 0.0611. The van der Waals surface area contributed by atoms with Crippen LogP contribution in [0.25, 0.3) is 0 Å². The number of ketones is 1. The first-order valence-corrected chi connectivity index (χ1v) is 8.16. The number of allylic oxidation sites excluding steroid dienone is 2. The molecule has 0 spiro atoms. The second-order valence-electron chi connectivity index (χ2n) is 5.75. The smallest absolute Gasteiger partial charge is 0.161 e. The molecule has 0 saturated carbocycles. The van der Waals surface area contributed by atoms with Crippen LogP contribution in [0, 0.1) is 0 Å². The van der Waals surface area contributed by atoms with Crippen LogP contribution < -0.4 is 0 Å². The van der Waals surface area contributed by atoms with Gasteiger partial charge in [-0.2, -0.15) is 0 Å². The number of hydrogen-bond donors (Lipinski definition) is 1. The van der Waals surface area contributed by atoms with Gasteiger partial charge in [0.2, 0.25) is 0 Å². The van der Waals surface area contributed by atoms with Crippen molar-refractivity contribution in [3.63, 3.8) is 0 Å². The van der Waals surface area contributed by atoms with Gasteiger partial charge in [-0.25, -0.2) is 0 Å². The Labute approximate surface area is 118 Å². The fraction of sp³-hybridized carbons (Fsp3) is 0.824. The van der Waals surface area contributed by atoms with E-state index in [9.17, 15) is 9.90 Å². The van der Waals surface area contributed by atoms with E-state index in [-0.39, 0.29) is 5.78 Å². The van der Waals surface area contributed by atoms with Crippen molar-refractivity contribution in [2.75, 3.05) is 0 Å². The van der Waals surface area contributed by atoms with Gasteiger partial charge < -0.3 is 5.11 Å². The molecule has 1 unspecified atom stereocenters. The van der Waals surface area contributed by atoms with Crippen molar-refractivity contribution in [2.24, 2.45) is 0 Å². The molecule has 0 amide bonds. The molecule has 0 bridgehead atoms. The molecule has 0 fully saturated rings. The van der Waals surface area contributed by atoms with Crippen molar-refractivity contribution in [1.82, 2.24) is 0 Å². The van der Waals surface area contributed by atoms with Crippen LogP contribution in [0.2, 0.25) is 0 Å². The molecule has 1 atom stereocenters. The highest BCUT2D eigenvalue weighted by Crippen LogP contribution is 2.13. The summed E-state index contributed by atoms with van der Waals surface area (Å²) in [7, 11) is 0. The Hall–Kier alpha value is -0.630. The molecule has 2 nitrogen and oxygen atoms in total. The van der Waals surface area contributed by atoms with Crippen LogP contribution in [0.1, 0.15) is 83.5 Å². The largest absolute Gasteiger partial charge is 0.385 e. The molecule has 1 rings (SSSR count). The number of carbonyl (C=O) groups excluding carboxylic acids is 1. The first kappa shape index (κ1) is 16.4. The molecule has 19 heavy (non-hydrogen) atoms.